The molecule has 3 N–H and O–H groups in total. The molecule has 2 heterocycles. The Bertz CT molecular complexity index is 421. The number of pyridine rings is 1. The molecule has 0 bridgehead atoms. The van der Waals surface area contributed by atoms with E-state index in [1.54, 1.807) is 5.01 Å². The number of anilines is 1. The highest BCUT2D eigenvalue weighted by Crippen LogP contribution is 2.10. The number of amides is 1. The molecule has 1 aromatic heterocycles. The van der Waals surface area contributed by atoms with Crippen molar-refractivity contribution in [3.05, 3.63) is 23.6 Å². The Morgan fingerprint density at radius 3 is 2.94 bits per heavy atom. The lowest BCUT2D eigenvalue weighted by molar-refractivity contribution is 0.0126. The second kappa shape index (κ2) is 5.07. The quantitative estimate of drug-likeness (QED) is 0.747. The number of carbonyl (C=O) groups excluding carboxylic acids is 1. The van der Waals surface area contributed by atoms with E-state index in [4.69, 9.17) is 10.5 Å². The summed E-state index contributed by atoms with van der Waals surface area (Å²) < 4.78 is 18.1. The predicted molar refractivity (Wildman–Crippen MR) is 58.5 cm³/mol. The van der Waals surface area contributed by atoms with E-state index in [0.29, 0.717) is 26.3 Å². The summed E-state index contributed by atoms with van der Waals surface area (Å²) >= 11 is 0. The van der Waals surface area contributed by atoms with E-state index in [9.17, 15) is 9.18 Å². The molecule has 0 spiro atoms. The van der Waals surface area contributed by atoms with Crippen LogP contribution < -0.4 is 11.2 Å². The zero-order valence-electron chi connectivity index (χ0n) is 9.15. The van der Waals surface area contributed by atoms with Crippen LogP contribution in [-0.4, -0.2) is 42.2 Å². The summed E-state index contributed by atoms with van der Waals surface area (Å²) in [4.78, 5) is 15.4. The largest absolute Gasteiger partial charge is 0.383 e. The lowest BCUT2D eigenvalue weighted by Crippen LogP contribution is -2.48. The van der Waals surface area contributed by atoms with E-state index >= 15 is 0 Å². The van der Waals surface area contributed by atoms with Crippen molar-refractivity contribution < 1.29 is 13.9 Å². The highest BCUT2D eigenvalue weighted by molar-refractivity contribution is 5.97. The molecule has 6 nitrogen and oxygen atoms in total. The van der Waals surface area contributed by atoms with Gasteiger partial charge in [0.1, 0.15) is 11.6 Å². The van der Waals surface area contributed by atoms with E-state index in [1.807, 2.05) is 0 Å². The summed E-state index contributed by atoms with van der Waals surface area (Å²) in [5.41, 5.74) is 8.18. The first-order chi connectivity index (χ1) is 8.16. The number of carbonyl (C=O) groups is 1. The highest BCUT2D eigenvalue weighted by atomic mass is 19.1. The summed E-state index contributed by atoms with van der Waals surface area (Å²) in [6, 6.07) is 1.07. The number of nitrogens with two attached hydrogens (primary N) is 1. The number of rotatable bonds is 2. The molecule has 0 saturated carbocycles. The molecule has 1 aliphatic heterocycles. The zero-order chi connectivity index (χ0) is 12.3. The van der Waals surface area contributed by atoms with Gasteiger partial charge in [-0.15, -0.1) is 0 Å². The first-order valence-electron chi connectivity index (χ1n) is 5.21. The van der Waals surface area contributed by atoms with Crippen molar-refractivity contribution in [2.24, 2.45) is 0 Å². The third-order valence-corrected chi connectivity index (χ3v) is 2.40. The molecule has 1 aliphatic rings. The molecular formula is C10H13FN4O2. The molecule has 2 rings (SSSR count). The van der Waals surface area contributed by atoms with Gasteiger partial charge in [-0.1, -0.05) is 0 Å². The Hall–Kier alpha value is -1.73. The molecule has 0 unspecified atom stereocenters. The SMILES string of the molecule is Nc1ncc(F)cc1C(=O)NN1CCOCC1. The summed E-state index contributed by atoms with van der Waals surface area (Å²) in [5.74, 6) is -1.04. The van der Waals surface area contributed by atoms with Crippen LogP contribution >= 0.6 is 0 Å². The Kier molecular flexibility index (Phi) is 3.50. The molecule has 0 radical (unpaired) electrons. The molecule has 17 heavy (non-hydrogen) atoms. The Morgan fingerprint density at radius 2 is 2.24 bits per heavy atom. The number of nitrogens with one attached hydrogen (secondary N) is 1. The van der Waals surface area contributed by atoms with Gasteiger partial charge in [-0.05, 0) is 6.07 Å². The maximum absolute atomic E-state index is 13.0. The first-order valence-corrected chi connectivity index (χ1v) is 5.21. The molecule has 0 aromatic carbocycles. The van der Waals surface area contributed by atoms with Crippen molar-refractivity contribution in [3.8, 4) is 0 Å². The van der Waals surface area contributed by atoms with Crippen molar-refractivity contribution in [2.75, 3.05) is 32.0 Å². The van der Waals surface area contributed by atoms with Crippen molar-refractivity contribution in [1.29, 1.82) is 0 Å². The number of hydrazine groups is 1. The second-order valence-electron chi connectivity index (χ2n) is 3.63. The van der Waals surface area contributed by atoms with Crippen LogP contribution in [0.2, 0.25) is 0 Å². The van der Waals surface area contributed by atoms with Gasteiger partial charge in [0.05, 0.1) is 25.0 Å². The maximum atomic E-state index is 13.0. The van der Waals surface area contributed by atoms with Crippen molar-refractivity contribution >= 4 is 11.7 Å². The van der Waals surface area contributed by atoms with Gasteiger partial charge in [-0.25, -0.2) is 14.4 Å². The first kappa shape index (κ1) is 11.7. The van der Waals surface area contributed by atoms with E-state index < -0.39 is 11.7 Å². The van der Waals surface area contributed by atoms with Crippen LogP contribution in [0.4, 0.5) is 10.2 Å². The zero-order valence-corrected chi connectivity index (χ0v) is 9.15. The smallest absolute Gasteiger partial charge is 0.269 e. The normalized spacial score (nSPS) is 16.8. The molecule has 1 amide bonds. The molecule has 1 fully saturated rings. The number of aromatic nitrogens is 1. The maximum Gasteiger partial charge on any atom is 0.269 e. The van der Waals surface area contributed by atoms with Crippen molar-refractivity contribution in [1.82, 2.24) is 15.4 Å². The topological polar surface area (TPSA) is 80.5 Å². The van der Waals surface area contributed by atoms with Gasteiger partial charge >= 0.3 is 0 Å². The summed E-state index contributed by atoms with van der Waals surface area (Å²) in [6.45, 7) is 2.29. The number of halogens is 1. The fourth-order valence-corrected chi connectivity index (χ4v) is 1.51. The average molecular weight is 240 g/mol. The van der Waals surface area contributed by atoms with E-state index in [1.165, 1.54) is 0 Å². The van der Waals surface area contributed by atoms with Gasteiger partial charge in [0, 0.05) is 13.1 Å². The molecule has 0 aliphatic carbocycles. The number of hydrogen-bond acceptors (Lipinski definition) is 5. The van der Waals surface area contributed by atoms with Crippen LogP contribution in [0.15, 0.2) is 12.3 Å². The van der Waals surface area contributed by atoms with E-state index in [0.717, 1.165) is 12.3 Å². The number of hydrogen-bond donors (Lipinski definition) is 2. The fraction of sp³-hybridized carbons (Fsp3) is 0.400. The minimum atomic E-state index is -0.591. The standard InChI is InChI=1S/C10H13FN4O2/c11-7-5-8(9(12)13-6-7)10(16)14-15-1-3-17-4-2-15/h5-6H,1-4H2,(H2,12,13)(H,14,16). The average Bonchev–Trinajstić information content (AvgIpc) is 2.33. The summed E-state index contributed by atoms with van der Waals surface area (Å²) in [5, 5.41) is 1.70. The lowest BCUT2D eigenvalue weighted by Gasteiger charge is -2.26. The minimum absolute atomic E-state index is 0.0113. The third-order valence-electron chi connectivity index (χ3n) is 2.40. The summed E-state index contributed by atoms with van der Waals surface area (Å²) in [6.07, 6.45) is 0.973. The fourth-order valence-electron chi connectivity index (χ4n) is 1.51. The third kappa shape index (κ3) is 2.89. The van der Waals surface area contributed by atoms with Crippen LogP contribution in [0, 0.1) is 5.82 Å². The molecule has 1 aromatic rings. The monoisotopic (exact) mass is 240 g/mol. The van der Waals surface area contributed by atoms with Crippen LogP contribution in [-0.2, 0) is 4.74 Å². The Morgan fingerprint density at radius 1 is 1.53 bits per heavy atom. The highest BCUT2D eigenvalue weighted by Gasteiger charge is 2.17. The molecule has 0 atom stereocenters. The number of ether oxygens (including phenoxy) is 1. The van der Waals surface area contributed by atoms with Gasteiger partial charge in [-0.3, -0.25) is 10.2 Å². The van der Waals surface area contributed by atoms with E-state index in [2.05, 4.69) is 10.4 Å². The van der Waals surface area contributed by atoms with Gasteiger partial charge in [0.25, 0.3) is 5.91 Å². The predicted octanol–water partition coefficient (Wildman–Crippen LogP) is -0.220. The molecule has 92 valence electrons. The molecule has 1 saturated heterocycles. The van der Waals surface area contributed by atoms with Crippen molar-refractivity contribution in [2.45, 2.75) is 0 Å². The van der Waals surface area contributed by atoms with Crippen LogP contribution in [0.1, 0.15) is 10.4 Å². The van der Waals surface area contributed by atoms with Crippen LogP contribution in [0.5, 0.6) is 0 Å². The van der Waals surface area contributed by atoms with E-state index in [-0.39, 0.29) is 11.4 Å². The number of nitrogens with zero attached hydrogens (tertiary/aromatic N) is 2. The van der Waals surface area contributed by atoms with Gasteiger partial charge in [0.15, 0.2) is 0 Å². The number of morpholine rings is 1. The second-order valence-corrected chi connectivity index (χ2v) is 3.63. The van der Waals surface area contributed by atoms with Crippen LogP contribution in [0.25, 0.3) is 0 Å². The van der Waals surface area contributed by atoms with Crippen LogP contribution in [0.3, 0.4) is 0 Å². The summed E-state index contributed by atoms with van der Waals surface area (Å²) in [7, 11) is 0. The molecule has 7 heteroatoms. The lowest BCUT2D eigenvalue weighted by atomic mass is 10.2. The number of nitrogen functional groups attached to an aromatic ring is 1. The Labute approximate surface area is 97.5 Å². The van der Waals surface area contributed by atoms with Gasteiger partial charge in [0.2, 0.25) is 0 Å². The molecular weight excluding hydrogens is 227 g/mol. The van der Waals surface area contributed by atoms with Crippen molar-refractivity contribution in [3.63, 3.8) is 0 Å². The minimum Gasteiger partial charge on any atom is -0.383 e. The Balaban J connectivity index is 2.05. The van der Waals surface area contributed by atoms with Gasteiger partial charge < -0.3 is 10.5 Å². The van der Waals surface area contributed by atoms with Gasteiger partial charge in [-0.2, -0.15) is 0 Å².